The largest absolute Gasteiger partial charge is 0.325 e. The molecule has 0 aliphatic heterocycles. The Morgan fingerprint density at radius 2 is 2.20 bits per heavy atom. The predicted octanol–water partition coefficient (Wildman–Crippen LogP) is 3.70. The van der Waals surface area contributed by atoms with Gasteiger partial charge in [-0.25, -0.2) is 4.98 Å². The van der Waals surface area contributed by atoms with Crippen molar-refractivity contribution in [2.24, 2.45) is 0 Å². The summed E-state index contributed by atoms with van der Waals surface area (Å²) in [5.41, 5.74) is 2.07. The first-order valence-corrected chi connectivity index (χ1v) is 5.91. The van der Waals surface area contributed by atoms with Gasteiger partial charge in [-0.05, 0) is 32.0 Å². The number of fused-ring (bicyclic) bond motifs is 1. The van der Waals surface area contributed by atoms with Crippen molar-refractivity contribution in [3.05, 3.63) is 29.0 Å². The highest BCUT2D eigenvalue weighted by atomic mass is 35.5. The summed E-state index contributed by atoms with van der Waals surface area (Å²) in [7, 11) is 0. The van der Waals surface area contributed by atoms with Gasteiger partial charge in [0.2, 0.25) is 0 Å². The lowest BCUT2D eigenvalue weighted by atomic mass is 10.3. The van der Waals surface area contributed by atoms with Crippen LogP contribution in [0.5, 0.6) is 0 Å². The van der Waals surface area contributed by atoms with Crippen LogP contribution in [0.4, 0.5) is 0 Å². The lowest BCUT2D eigenvalue weighted by Crippen LogP contribution is -2.04. The highest BCUT2D eigenvalue weighted by molar-refractivity contribution is 7.79. The van der Waals surface area contributed by atoms with Crippen LogP contribution < -0.4 is 0 Å². The van der Waals surface area contributed by atoms with E-state index in [1.165, 1.54) is 0 Å². The number of thiol groups is 1. The molecule has 0 bridgehead atoms. The molecule has 0 radical (unpaired) electrons. The molecule has 2 rings (SSSR count). The summed E-state index contributed by atoms with van der Waals surface area (Å²) in [6, 6.07) is 6.19. The number of hydrogen-bond acceptors (Lipinski definition) is 2. The Balaban J connectivity index is 2.74. The van der Waals surface area contributed by atoms with Crippen LogP contribution in [0.3, 0.4) is 0 Å². The van der Waals surface area contributed by atoms with Crippen molar-refractivity contribution in [3.63, 3.8) is 0 Å². The van der Waals surface area contributed by atoms with Crippen LogP contribution in [0.25, 0.3) is 11.0 Å². The fourth-order valence-electron chi connectivity index (χ4n) is 1.81. The SMILES string of the molecule is CC(C)n1c(CS)nc2cc(Cl)ccc21. The Hall–Kier alpha value is -0.670. The zero-order valence-electron chi connectivity index (χ0n) is 8.74. The van der Waals surface area contributed by atoms with E-state index in [9.17, 15) is 0 Å². The topological polar surface area (TPSA) is 17.8 Å². The Kier molecular flexibility index (Phi) is 2.94. The molecule has 15 heavy (non-hydrogen) atoms. The predicted molar refractivity (Wildman–Crippen MR) is 67.8 cm³/mol. The minimum Gasteiger partial charge on any atom is -0.325 e. The molecule has 4 heteroatoms. The van der Waals surface area contributed by atoms with Gasteiger partial charge in [-0.15, -0.1) is 0 Å². The minimum absolute atomic E-state index is 0.387. The molecule has 1 heterocycles. The molecular weight excluding hydrogens is 228 g/mol. The van der Waals surface area contributed by atoms with Crippen molar-refractivity contribution in [3.8, 4) is 0 Å². The van der Waals surface area contributed by atoms with E-state index in [1.807, 2.05) is 18.2 Å². The minimum atomic E-state index is 0.387. The quantitative estimate of drug-likeness (QED) is 0.793. The van der Waals surface area contributed by atoms with E-state index in [4.69, 9.17) is 11.6 Å². The zero-order chi connectivity index (χ0) is 11.0. The molecule has 0 amide bonds. The maximum atomic E-state index is 5.93. The molecule has 0 atom stereocenters. The van der Waals surface area contributed by atoms with Crippen molar-refractivity contribution in [2.75, 3.05) is 0 Å². The summed E-state index contributed by atoms with van der Waals surface area (Å²) in [6.07, 6.45) is 0. The van der Waals surface area contributed by atoms with Crippen LogP contribution in [-0.2, 0) is 5.75 Å². The summed E-state index contributed by atoms with van der Waals surface area (Å²) >= 11 is 10.2. The smallest absolute Gasteiger partial charge is 0.119 e. The molecule has 0 saturated heterocycles. The van der Waals surface area contributed by atoms with Gasteiger partial charge < -0.3 is 4.57 Å². The fourth-order valence-corrected chi connectivity index (χ4v) is 2.20. The summed E-state index contributed by atoms with van der Waals surface area (Å²) in [5.74, 6) is 1.63. The zero-order valence-corrected chi connectivity index (χ0v) is 10.4. The fraction of sp³-hybridized carbons (Fsp3) is 0.364. The highest BCUT2D eigenvalue weighted by Gasteiger charge is 2.11. The first kappa shape index (κ1) is 10.8. The summed E-state index contributed by atoms with van der Waals surface area (Å²) in [6.45, 7) is 4.28. The molecule has 1 aromatic carbocycles. The Labute approximate surface area is 99.7 Å². The molecule has 0 aliphatic rings. The summed E-state index contributed by atoms with van der Waals surface area (Å²) in [5, 5.41) is 0.724. The van der Waals surface area contributed by atoms with Crippen molar-refractivity contribution in [2.45, 2.75) is 25.6 Å². The third kappa shape index (κ3) is 1.86. The number of hydrogen-bond donors (Lipinski definition) is 1. The van der Waals surface area contributed by atoms with Crippen LogP contribution in [0, 0.1) is 0 Å². The monoisotopic (exact) mass is 240 g/mol. The van der Waals surface area contributed by atoms with Crippen molar-refractivity contribution < 1.29 is 0 Å². The molecule has 2 nitrogen and oxygen atoms in total. The van der Waals surface area contributed by atoms with E-state index in [0.717, 1.165) is 21.9 Å². The Morgan fingerprint density at radius 1 is 1.47 bits per heavy atom. The number of benzene rings is 1. The van der Waals surface area contributed by atoms with Gasteiger partial charge in [-0.2, -0.15) is 12.6 Å². The highest BCUT2D eigenvalue weighted by Crippen LogP contribution is 2.24. The second-order valence-corrected chi connectivity index (χ2v) is 4.54. The van der Waals surface area contributed by atoms with E-state index in [1.54, 1.807) is 0 Å². The lowest BCUT2D eigenvalue weighted by Gasteiger charge is -2.11. The van der Waals surface area contributed by atoms with E-state index < -0.39 is 0 Å². The molecule has 0 unspecified atom stereocenters. The molecule has 80 valence electrons. The molecular formula is C11H13ClN2S. The second-order valence-electron chi connectivity index (χ2n) is 3.78. The van der Waals surface area contributed by atoms with Gasteiger partial charge >= 0.3 is 0 Å². The van der Waals surface area contributed by atoms with Gasteiger partial charge in [-0.1, -0.05) is 11.6 Å². The van der Waals surface area contributed by atoms with Crippen LogP contribution in [0.1, 0.15) is 25.7 Å². The standard InChI is InChI=1S/C11H13ClN2S/c1-7(2)14-10-4-3-8(12)5-9(10)13-11(14)6-15/h3-5,7,15H,6H2,1-2H3. The maximum absolute atomic E-state index is 5.93. The van der Waals surface area contributed by atoms with Gasteiger partial charge in [0.15, 0.2) is 0 Å². The molecule has 1 aromatic heterocycles. The first-order chi connectivity index (χ1) is 7.13. The molecule has 0 spiro atoms. The van der Waals surface area contributed by atoms with Crippen LogP contribution >= 0.6 is 24.2 Å². The normalized spacial score (nSPS) is 11.5. The number of imidazole rings is 1. The van der Waals surface area contributed by atoms with Crippen LogP contribution in [0.15, 0.2) is 18.2 Å². The lowest BCUT2D eigenvalue weighted by molar-refractivity contribution is 0.598. The van der Waals surface area contributed by atoms with Crippen molar-refractivity contribution >= 4 is 35.3 Å². The molecule has 0 saturated carbocycles. The van der Waals surface area contributed by atoms with Gasteiger partial charge in [-0.3, -0.25) is 0 Å². The molecule has 2 aromatic rings. The average molecular weight is 241 g/mol. The number of rotatable bonds is 2. The van der Waals surface area contributed by atoms with Gasteiger partial charge in [0.25, 0.3) is 0 Å². The van der Waals surface area contributed by atoms with Crippen LogP contribution in [0.2, 0.25) is 5.02 Å². The Bertz CT molecular complexity index is 491. The third-order valence-electron chi connectivity index (χ3n) is 2.38. The second kappa shape index (κ2) is 4.06. The van der Waals surface area contributed by atoms with E-state index in [0.29, 0.717) is 11.8 Å². The third-order valence-corrected chi connectivity index (χ3v) is 2.90. The van der Waals surface area contributed by atoms with Crippen molar-refractivity contribution in [1.82, 2.24) is 9.55 Å². The Morgan fingerprint density at radius 3 is 2.80 bits per heavy atom. The van der Waals surface area contributed by atoms with Gasteiger partial charge in [0.05, 0.1) is 11.0 Å². The summed E-state index contributed by atoms with van der Waals surface area (Å²) in [4.78, 5) is 4.52. The average Bonchev–Trinajstić information content (AvgIpc) is 2.54. The van der Waals surface area contributed by atoms with Crippen molar-refractivity contribution in [1.29, 1.82) is 0 Å². The van der Waals surface area contributed by atoms with E-state index in [-0.39, 0.29) is 0 Å². The molecule has 0 fully saturated rings. The first-order valence-electron chi connectivity index (χ1n) is 4.90. The number of aromatic nitrogens is 2. The number of halogens is 1. The van der Waals surface area contributed by atoms with E-state index in [2.05, 4.69) is 36.0 Å². The number of nitrogens with zero attached hydrogens (tertiary/aromatic N) is 2. The van der Waals surface area contributed by atoms with Crippen LogP contribution in [-0.4, -0.2) is 9.55 Å². The molecule has 0 aliphatic carbocycles. The van der Waals surface area contributed by atoms with E-state index >= 15 is 0 Å². The van der Waals surface area contributed by atoms with Gasteiger partial charge in [0.1, 0.15) is 5.82 Å². The maximum Gasteiger partial charge on any atom is 0.119 e. The molecule has 0 N–H and O–H groups in total. The van der Waals surface area contributed by atoms with Gasteiger partial charge in [0, 0.05) is 16.8 Å². The summed E-state index contributed by atoms with van der Waals surface area (Å²) < 4.78 is 2.19.